The van der Waals surface area contributed by atoms with E-state index in [9.17, 15) is 54.4 Å². The third kappa shape index (κ3) is 16.9. The Kier molecular flexibility index (Phi) is 25.6. The average Bonchev–Trinajstić information content (AvgIpc) is 1.72. The lowest BCUT2D eigenvalue weighted by molar-refractivity contribution is -0.457. The summed E-state index contributed by atoms with van der Waals surface area (Å²) in [5.74, 6) is 1.62. The molecule has 2 aliphatic heterocycles. The molecule has 5 aliphatic rings. The lowest BCUT2D eigenvalue weighted by Crippen LogP contribution is -2.67. The van der Waals surface area contributed by atoms with Gasteiger partial charge in [0.1, 0.15) is 35.2 Å². The van der Waals surface area contributed by atoms with Gasteiger partial charge in [-0.1, -0.05) is 127 Å². The van der Waals surface area contributed by atoms with Crippen LogP contribution in [0.15, 0.2) is 97.1 Å². The predicted molar refractivity (Wildman–Crippen MR) is 349 cm³/mol. The maximum atomic E-state index is 14.7. The van der Waals surface area contributed by atoms with Gasteiger partial charge in [-0.25, -0.2) is 0 Å². The minimum atomic E-state index is -6.78. The lowest BCUT2D eigenvalue weighted by Gasteiger charge is -2.50. The van der Waals surface area contributed by atoms with Gasteiger partial charge < -0.3 is 47.5 Å². The van der Waals surface area contributed by atoms with Crippen molar-refractivity contribution in [2.75, 3.05) is 53.8 Å². The Morgan fingerprint density at radius 2 is 1.39 bits per heavy atom. The molecule has 0 bridgehead atoms. The molecular weight excluding hydrogens is 1290 g/mol. The number of benzene rings is 4. The van der Waals surface area contributed by atoms with E-state index in [2.05, 4.69) is 63.6 Å². The van der Waals surface area contributed by atoms with Crippen LogP contribution in [0.3, 0.4) is 0 Å². The highest BCUT2D eigenvalue weighted by Crippen LogP contribution is 2.62. The van der Waals surface area contributed by atoms with Crippen LogP contribution in [0.25, 0.3) is 0 Å². The van der Waals surface area contributed by atoms with Crippen molar-refractivity contribution < 1.29 is 91.7 Å². The van der Waals surface area contributed by atoms with Crippen LogP contribution in [0.4, 0.5) is 39.5 Å². The third-order valence-electron chi connectivity index (χ3n) is 21.5. The first kappa shape index (κ1) is 76.4. The molecule has 540 valence electrons. The van der Waals surface area contributed by atoms with Gasteiger partial charge in [-0.05, 0) is 157 Å². The molecule has 0 radical (unpaired) electrons. The van der Waals surface area contributed by atoms with Gasteiger partial charge >= 0.3 is 24.1 Å². The number of nitrogens with zero attached hydrogens (tertiary/aromatic N) is 2. The molecule has 2 heterocycles. The van der Waals surface area contributed by atoms with Gasteiger partial charge in [-0.15, -0.1) is 0 Å². The number of carbonyl (C=O) groups is 2. The highest BCUT2D eigenvalue weighted by Gasteiger charge is 2.85. The first-order valence-corrected chi connectivity index (χ1v) is 34.9. The number of nitriles is 1. The number of hydrogen-bond donors (Lipinski definition) is 0. The smallest absolute Gasteiger partial charge is 0.435 e. The number of likely N-dealkylation sites (tertiary alicyclic amines) is 1. The van der Waals surface area contributed by atoms with E-state index >= 15 is 0 Å². The summed E-state index contributed by atoms with van der Waals surface area (Å²) in [4.78, 5) is 30.7. The highest BCUT2D eigenvalue weighted by atomic mass is 19.4. The molecule has 2 saturated heterocycles. The molecule has 3 aliphatic carbocycles. The van der Waals surface area contributed by atoms with Crippen molar-refractivity contribution in [3.05, 3.63) is 130 Å². The van der Waals surface area contributed by atoms with E-state index in [0.29, 0.717) is 55.3 Å². The van der Waals surface area contributed by atoms with E-state index in [4.69, 9.17) is 37.9 Å². The quantitative estimate of drug-likeness (QED) is 0.0199. The number of unbranched alkanes of at least 4 members (excludes halogenated alkanes) is 2. The second kappa shape index (κ2) is 32.9. The maximum absolute atomic E-state index is 14.7. The Labute approximate surface area is 571 Å². The van der Waals surface area contributed by atoms with Crippen LogP contribution in [0.5, 0.6) is 11.5 Å². The Hall–Kier alpha value is -5.80. The van der Waals surface area contributed by atoms with Gasteiger partial charge in [0.2, 0.25) is 5.91 Å². The molecule has 4 aromatic rings. The molecule has 13 nitrogen and oxygen atoms in total. The molecule has 0 N–H and O–H groups in total. The van der Waals surface area contributed by atoms with Crippen molar-refractivity contribution in [1.82, 2.24) is 4.90 Å². The second-order valence-electron chi connectivity index (χ2n) is 28.5. The zero-order chi connectivity index (χ0) is 70.8. The molecule has 4 aromatic carbocycles. The molecule has 10 unspecified atom stereocenters. The van der Waals surface area contributed by atoms with Gasteiger partial charge in [0.05, 0.1) is 65.3 Å². The van der Waals surface area contributed by atoms with Crippen molar-refractivity contribution >= 4 is 11.7 Å². The number of hydrogen-bond acceptors (Lipinski definition) is 12. The number of Topliss-reactive ketones (excluding diaryl/α,β-unsaturated/α-hetero) is 1. The highest BCUT2D eigenvalue weighted by molar-refractivity contribution is 5.91. The number of ketones is 1. The van der Waals surface area contributed by atoms with E-state index in [1.165, 1.54) is 11.1 Å². The number of carbonyl (C=O) groups excluding carboxylic acids is 2. The molecule has 9 rings (SSSR count). The summed E-state index contributed by atoms with van der Waals surface area (Å²) < 4.78 is 176. The zero-order valence-corrected chi connectivity index (χ0v) is 57.6. The van der Waals surface area contributed by atoms with Gasteiger partial charge in [-0.3, -0.25) is 9.59 Å². The SMILES string of the molecule is COc1ccc(C(OC[C@H]2O[C@@H](N3CC(C)C(=O)C(CCCCCOCc4ccc5c(c4)CCC4C5CCC5(C)C(OCCCOC(C(F)(F)F)(C(F)(F)F)C(F)(F)F)CCC45)CC3=O)CC2OC(OCCC#N)C(CC(C)C)C(C)C)(c2ccccc2)c2ccc(OC)cc2)cc1. The van der Waals surface area contributed by atoms with Crippen molar-refractivity contribution in [3.8, 4) is 17.6 Å². The zero-order valence-electron chi connectivity index (χ0n) is 57.6. The van der Waals surface area contributed by atoms with E-state index in [0.717, 1.165) is 80.0 Å². The van der Waals surface area contributed by atoms with Crippen molar-refractivity contribution in [2.24, 2.45) is 46.8 Å². The standard InChI is InChI=1S/C76H97F9N2O11/c1-48(2)41-62(49(3)4)70(94-38-15-36-86)98-64-44-68(97-65(64)47-96-72(54-18-12-9-13-19-54,55-22-26-57(90-7)27-23-55)56-24-28-58(91-8)29-25-56)87-45-50(5)69(89)53(43-67(87)88)17-11-10-14-37-92-46-51-20-30-59-52(42-51)21-31-61-60(59)34-35-71(6)63(61)32-33-66(71)93-39-16-40-95-73(74(77,78)79,75(80,81)82)76(83,84)85/h9,12-13,18-20,22-30,42,48-50,53,60-66,68,70H,10-11,14-17,21,31-35,37-41,43-47H2,1-8H3/t50?,53?,60?,61?,62?,63?,64?,65-,66?,68-,70?,71?/m1/s1. The summed E-state index contributed by atoms with van der Waals surface area (Å²) in [7, 11) is 3.24. The normalized spacial score (nSPS) is 25.4. The first-order chi connectivity index (χ1) is 46.6. The Balaban J connectivity index is 0.798. The van der Waals surface area contributed by atoms with Crippen molar-refractivity contribution in [3.63, 3.8) is 0 Å². The number of amides is 1. The number of ether oxygens (including phenoxy) is 9. The molecule has 12 atom stereocenters. The van der Waals surface area contributed by atoms with Crippen LogP contribution in [-0.4, -0.2) is 125 Å². The Morgan fingerprint density at radius 1 is 0.735 bits per heavy atom. The molecule has 98 heavy (non-hydrogen) atoms. The number of halogens is 9. The predicted octanol–water partition coefficient (Wildman–Crippen LogP) is 17.0. The molecule has 2 saturated carbocycles. The average molecular weight is 1390 g/mol. The van der Waals surface area contributed by atoms with Crippen molar-refractivity contribution in [1.29, 1.82) is 5.26 Å². The second-order valence-corrected chi connectivity index (χ2v) is 28.5. The fraction of sp³-hybridized carbons (Fsp3) is 0.645. The lowest BCUT2D eigenvalue weighted by atomic mass is 9.55. The molecular formula is C76H97F9N2O11. The van der Waals surface area contributed by atoms with Crippen molar-refractivity contribution in [2.45, 2.75) is 211 Å². The number of aryl methyl sites for hydroxylation is 1. The summed E-state index contributed by atoms with van der Waals surface area (Å²) in [6.07, 6.45) is -15.1. The summed E-state index contributed by atoms with van der Waals surface area (Å²) in [6.45, 7) is 12.1. The van der Waals surface area contributed by atoms with E-state index < -0.39 is 79.3 Å². The maximum Gasteiger partial charge on any atom is 0.435 e. The van der Waals surface area contributed by atoms with Gasteiger partial charge in [0, 0.05) is 50.4 Å². The molecule has 1 amide bonds. The molecule has 0 spiro atoms. The van der Waals surface area contributed by atoms with Crippen LogP contribution in [0, 0.1) is 58.2 Å². The fourth-order valence-electron chi connectivity index (χ4n) is 16.4. The van der Waals surface area contributed by atoms with Crippen LogP contribution in [-0.2, 0) is 61.4 Å². The molecule has 22 heteroatoms. The molecule has 4 fully saturated rings. The molecule has 0 aromatic heterocycles. The number of methoxy groups -OCH3 is 2. The third-order valence-corrected chi connectivity index (χ3v) is 21.5. The van der Waals surface area contributed by atoms with Crippen LogP contribution >= 0.6 is 0 Å². The minimum absolute atomic E-state index is 0.0145. The topological polar surface area (TPSA) is 144 Å². The van der Waals surface area contributed by atoms with E-state index in [-0.39, 0.29) is 86.6 Å². The van der Waals surface area contributed by atoms with Gasteiger partial charge in [0.15, 0.2) is 6.29 Å². The summed E-state index contributed by atoms with van der Waals surface area (Å²) in [6, 6.07) is 34.2. The fourth-order valence-corrected chi connectivity index (χ4v) is 16.4. The van der Waals surface area contributed by atoms with Crippen LogP contribution < -0.4 is 9.47 Å². The van der Waals surface area contributed by atoms with E-state index in [1.807, 2.05) is 85.8 Å². The first-order valence-electron chi connectivity index (χ1n) is 34.9. The Bertz CT molecular complexity index is 3170. The monoisotopic (exact) mass is 1380 g/mol. The van der Waals surface area contributed by atoms with E-state index in [1.54, 1.807) is 19.1 Å². The number of fused-ring (bicyclic) bond motifs is 5. The van der Waals surface area contributed by atoms with Crippen LogP contribution in [0.2, 0.25) is 0 Å². The largest absolute Gasteiger partial charge is 0.497 e. The number of rotatable bonds is 32. The summed E-state index contributed by atoms with van der Waals surface area (Å²) >= 11 is 0. The minimum Gasteiger partial charge on any atom is -0.497 e. The van der Waals surface area contributed by atoms with Crippen LogP contribution in [0.1, 0.15) is 171 Å². The number of alkyl halides is 9. The van der Waals surface area contributed by atoms with Gasteiger partial charge in [-0.2, -0.15) is 44.8 Å². The van der Waals surface area contributed by atoms with Gasteiger partial charge in [0.25, 0.3) is 0 Å². The summed E-state index contributed by atoms with van der Waals surface area (Å²) in [5, 5.41) is 9.60. The Morgan fingerprint density at radius 3 is 2.00 bits per heavy atom. The summed E-state index contributed by atoms with van der Waals surface area (Å²) in [5.41, 5.74) is -1.67.